The molecule has 0 aromatic rings. The van der Waals surface area contributed by atoms with E-state index in [1.165, 1.54) is 11.8 Å². The van der Waals surface area contributed by atoms with E-state index in [1.54, 1.807) is 11.8 Å². The van der Waals surface area contributed by atoms with Gasteiger partial charge in [0.2, 0.25) is 5.78 Å². The fraction of sp³-hybridized carbons (Fsp3) is 0.500. The summed E-state index contributed by atoms with van der Waals surface area (Å²) in [6.07, 6.45) is 3.90. The first-order chi connectivity index (χ1) is 11.0. The molecule has 3 rings (SSSR count). The summed E-state index contributed by atoms with van der Waals surface area (Å²) in [6, 6.07) is -0.792. The van der Waals surface area contributed by atoms with Gasteiger partial charge in [-0.2, -0.15) is 0 Å². The van der Waals surface area contributed by atoms with E-state index in [9.17, 15) is 14.4 Å². The number of esters is 1. The predicted octanol–water partition coefficient (Wildman–Crippen LogP) is 2.59. The van der Waals surface area contributed by atoms with Crippen LogP contribution in [-0.2, 0) is 14.3 Å². The summed E-state index contributed by atoms with van der Waals surface area (Å²) < 4.78 is 6.12. The lowest BCUT2D eigenvalue weighted by atomic mass is 10.2. The standard InChI is InChI=1S/C14H14BrNO5S2/c15-12-5-11-10(23-12)4-9(22-11)8(17)6-21-13(18)7-2-1-3-16(7)14(19)20/h4-5,7,10-11H,1-3,6H2,(H,19,20). The number of carbonyl (C=O) groups excluding carboxylic acids is 2. The minimum atomic E-state index is -1.13. The lowest BCUT2D eigenvalue weighted by molar-refractivity contribution is -0.151. The molecular formula is C14H14BrNO5S2. The zero-order valence-electron chi connectivity index (χ0n) is 11.9. The highest BCUT2D eigenvalue weighted by Crippen LogP contribution is 2.49. The molecule has 3 atom stereocenters. The third kappa shape index (κ3) is 3.61. The van der Waals surface area contributed by atoms with Crippen LogP contribution in [0.2, 0.25) is 0 Å². The maximum absolute atomic E-state index is 12.2. The van der Waals surface area contributed by atoms with E-state index in [0.717, 1.165) is 8.71 Å². The molecule has 1 N–H and O–H groups in total. The molecule has 23 heavy (non-hydrogen) atoms. The van der Waals surface area contributed by atoms with Crippen LogP contribution in [0.5, 0.6) is 0 Å². The van der Waals surface area contributed by atoms with Crippen LogP contribution in [0, 0.1) is 0 Å². The molecule has 0 spiro atoms. The van der Waals surface area contributed by atoms with E-state index in [1.807, 2.05) is 6.08 Å². The van der Waals surface area contributed by atoms with Crippen LogP contribution in [0.4, 0.5) is 4.79 Å². The van der Waals surface area contributed by atoms with Crippen molar-refractivity contribution in [1.82, 2.24) is 4.90 Å². The molecule has 1 saturated heterocycles. The fourth-order valence-electron chi connectivity index (χ4n) is 2.73. The van der Waals surface area contributed by atoms with Crippen molar-refractivity contribution >= 4 is 57.3 Å². The average Bonchev–Trinajstić information content (AvgIpc) is 3.17. The van der Waals surface area contributed by atoms with Gasteiger partial charge >= 0.3 is 12.1 Å². The number of amides is 1. The highest BCUT2D eigenvalue weighted by atomic mass is 79.9. The summed E-state index contributed by atoms with van der Waals surface area (Å²) in [5.74, 6) is -0.873. The number of Topliss-reactive ketones (excluding diaryl/α,β-unsaturated/α-hetero) is 1. The van der Waals surface area contributed by atoms with E-state index >= 15 is 0 Å². The van der Waals surface area contributed by atoms with Crippen LogP contribution in [0.1, 0.15) is 12.8 Å². The molecule has 0 aromatic carbocycles. The monoisotopic (exact) mass is 419 g/mol. The normalized spacial score (nSPS) is 29.1. The van der Waals surface area contributed by atoms with Gasteiger partial charge in [0.05, 0.1) is 4.91 Å². The summed E-state index contributed by atoms with van der Waals surface area (Å²) in [5.41, 5.74) is 0. The Morgan fingerprint density at radius 3 is 2.74 bits per heavy atom. The maximum atomic E-state index is 12.2. The highest BCUT2D eigenvalue weighted by Gasteiger charge is 2.37. The Balaban J connectivity index is 1.51. The SMILES string of the molecule is O=C(COC(=O)C1CCCN1C(=O)O)C1=CC2SC(Br)=CC2S1. The molecule has 0 saturated carbocycles. The largest absolute Gasteiger partial charge is 0.465 e. The van der Waals surface area contributed by atoms with Gasteiger partial charge in [0, 0.05) is 20.9 Å². The molecule has 0 aromatic heterocycles. The van der Waals surface area contributed by atoms with Crippen molar-refractivity contribution in [3.05, 3.63) is 20.9 Å². The number of nitrogens with zero attached hydrogens (tertiary/aromatic N) is 1. The molecule has 0 radical (unpaired) electrons. The van der Waals surface area contributed by atoms with Crippen LogP contribution in [-0.4, -0.2) is 57.5 Å². The Morgan fingerprint density at radius 1 is 1.30 bits per heavy atom. The summed E-state index contributed by atoms with van der Waals surface area (Å²) in [6.45, 7) is -0.0114. The van der Waals surface area contributed by atoms with Crippen molar-refractivity contribution < 1.29 is 24.2 Å². The van der Waals surface area contributed by atoms with Crippen LogP contribution in [0.25, 0.3) is 0 Å². The molecule has 3 aliphatic heterocycles. The molecule has 0 aliphatic carbocycles. The van der Waals surface area contributed by atoms with Crippen molar-refractivity contribution in [1.29, 1.82) is 0 Å². The van der Waals surface area contributed by atoms with E-state index in [0.29, 0.717) is 24.3 Å². The predicted molar refractivity (Wildman–Crippen MR) is 91.6 cm³/mol. The Bertz CT molecular complexity index is 620. The molecule has 3 heterocycles. The second-order valence-electron chi connectivity index (χ2n) is 5.33. The Hall–Kier alpha value is -0.930. The van der Waals surface area contributed by atoms with Crippen molar-refractivity contribution in [2.75, 3.05) is 13.2 Å². The topological polar surface area (TPSA) is 83.9 Å². The summed E-state index contributed by atoms with van der Waals surface area (Å²) in [5, 5.41) is 9.50. The molecule has 0 bridgehead atoms. The number of ketones is 1. The number of fused-ring (bicyclic) bond motifs is 1. The van der Waals surface area contributed by atoms with Crippen molar-refractivity contribution in [2.45, 2.75) is 29.4 Å². The minimum Gasteiger partial charge on any atom is -0.465 e. The molecule has 1 amide bonds. The quantitative estimate of drug-likeness (QED) is 0.700. The fourth-order valence-corrected chi connectivity index (χ4v) is 6.37. The van der Waals surface area contributed by atoms with Gasteiger partial charge in [0.25, 0.3) is 0 Å². The van der Waals surface area contributed by atoms with Gasteiger partial charge in [0.15, 0.2) is 6.61 Å². The number of carboxylic acid groups (broad SMARTS) is 1. The van der Waals surface area contributed by atoms with Crippen molar-refractivity contribution in [3.63, 3.8) is 0 Å². The highest BCUT2D eigenvalue weighted by molar-refractivity contribution is 9.14. The Kier molecular flexibility index (Phi) is 5.07. The third-order valence-corrected chi connectivity index (χ3v) is 7.22. The lowest BCUT2D eigenvalue weighted by Crippen LogP contribution is -2.41. The first kappa shape index (κ1) is 16.9. The number of rotatable bonds is 4. The zero-order valence-corrected chi connectivity index (χ0v) is 15.2. The van der Waals surface area contributed by atoms with Gasteiger partial charge in [0.1, 0.15) is 6.04 Å². The first-order valence-corrected chi connectivity index (χ1v) is 9.63. The summed E-state index contributed by atoms with van der Waals surface area (Å²) in [4.78, 5) is 36.9. The van der Waals surface area contributed by atoms with Crippen LogP contribution in [0.3, 0.4) is 0 Å². The number of ether oxygens (including phenoxy) is 1. The Morgan fingerprint density at radius 2 is 2.04 bits per heavy atom. The van der Waals surface area contributed by atoms with E-state index in [4.69, 9.17) is 9.84 Å². The molecular weight excluding hydrogens is 406 g/mol. The van der Waals surface area contributed by atoms with Crippen LogP contribution in [0.15, 0.2) is 20.9 Å². The molecule has 3 aliphatic rings. The van der Waals surface area contributed by atoms with Gasteiger partial charge in [-0.15, -0.1) is 23.5 Å². The van der Waals surface area contributed by atoms with Gasteiger partial charge in [-0.1, -0.05) is 6.08 Å². The number of thioether (sulfide) groups is 2. The molecule has 9 heteroatoms. The van der Waals surface area contributed by atoms with Gasteiger partial charge in [-0.25, -0.2) is 9.59 Å². The van der Waals surface area contributed by atoms with E-state index in [2.05, 4.69) is 22.0 Å². The van der Waals surface area contributed by atoms with Crippen molar-refractivity contribution in [2.24, 2.45) is 0 Å². The van der Waals surface area contributed by atoms with E-state index < -0.39 is 18.1 Å². The Labute approximate surface area is 149 Å². The minimum absolute atomic E-state index is 0.234. The second-order valence-corrected chi connectivity index (χ2v) is 9.15. The number of halogens is 1. The number of hydrogen-bond donors (Lipinski definition) is 1. The number of likely N-dealkylation sites (tertiary alicyclic amines) is 1. The number of hydrogen-bond acceptors (Lipinski definition) is 6. The average molecular weight is 420 g/mol. The molecule has 124 valence electrons. The second kappa shape index (κ2) is 6.90. The van der Waals surface area contributed by atoms with E-state index in [-0.39, 0.29) is 22.9 Å². The smallest absolute Gasteiger partial charge is 0.408 e. The van der Waals surface area contributed by atoms with Gasteiger partial charge in [-0.3, -0.25) is 9.69 Å². The van der Waals surface area contributed by atoms with Gasteiger partial charge < -0.3 is 9.84 Å². The summed E-state index contributed by atoms with van der Waals surface area (Å²) >= 11 is 6.56. The van der Waals surface area contributed by atoms with Gasteiger partial charge in [-0.05, 0) is 34.8 Å². The maximum Gasteiger partial charge on any atom is 0.408 e. The lowest BCUT2D eigenvalue weighted by Gasteiger charge is -2.19. The third-order valence-electron chi connectivity index (χ3n) is 3.84. The van der Waals surface area contributed by atoms with Crippen LogP contribution < -0.4 is 0 Å². The first-order valence-electron chi connectivity index (χ1n) is 7.07. The molecule has 6 nitrogen and oxygen atoms in total. The number of carbonyl (C=O) groups is 3. The zero-order chi connectivity index (χ0) is 16.6. The summed E-state index contributed by atoms with van der Waals surface area (Å²) in [7, 11) is 0. The molecule has 3 unspecified atom stereocenters. The van der Waals surface area contributed by atoms with Crippen LogP contribution >= 0.6 is 39.5 Å². The molecule has 1 fully saturated rings. The van der Waals surface area contributed by atoms with Crippen molar-refractivity contribution in [3.8, 4) is 0 Å².